The smallest absolute Gasteiger partial charge is 0.223 e. The van der Waals surface area contributed by atoms with Crippen LogP contribution in [0.1, 0.15) is 61.9 Å². The van der Waals surface area contributed by atoms with Gasteiger partial charge in [0.05, 0.1) is 5.69 Å². The van der Waals surface area contributed by atoms with Gasteiger partial charge in [-0.3, -0.25) is 9.89 Å². The lowest BCUT2D eigenvalue weighted by molar-refractivity contribution is -0.130. The first kappa shape index (κ1) is 19.0. The summed E-state index contributed by atoms with van der Waals surface area (Å²) in [4.78, 5) is 16.7. The zero-order chi connectivity index (χ0) is 17.4. The summed E-state index contributed by atoms with van der Waals surface area (Å²) in [6.45, 7) is 8.17. The van der Waals surface area contributed by atoms with Crippen molar-refractivity contribution in [1.29, 1.82) is 0 Å². The molecule has 136 valence electrons. The number of hydrogen-bond acceptors (Lipinski definition) is 3. The van der Waals surface area contributed by atoms with E-state index < -0.39 is 0 Å². The molecule has 1 aliphatic rings. The van der Waals surface area contributed by atoms with E-state index in [-0.39, 0.29) is 5.91 Å². The molecular weight excluding hydrogens is 300 g/mol. The van der Waals surface area contributed by atoms with Crippen LogP contribution in [-0.2, 0) is 11.2 Å². The van der Waals surface area contributed by atoms with Gasteiger partial charge < -0.3 is 9.80 Å². The highest BCUT2D eigenvalue weighted by Gasteiger charge is 2.13. The van der Waals surface area contributed by atoms with E-state index in [0.29, 0.717) is 6.42 Å². The number of H-pyrrole nitrogens is 1. The third-order valence-corrected chi connectivity index (χ3v) is 5.22. The average molecular weight is 335 g/mol. The molecule has 1 aromatic heterocycles. The summed E-state index contributed by atoms with van der Waals surface area (Å²) in [6.07, 6.45) is 9.27. The molecule has 0 unspecified atom stereocenters. The highest BCUT2D eigenvalue weighted by molar-refractivity contribution is 5.76. The molecule has 2 heterocycles. The molecule has 1 aromatic rings. The Balaban J connectivity index is 1.66. The van der Waals surface area contributed by atoms with E-state index in [4.69, 9.17) is 0 Å². The number of aromatic nitrogens is 2. The number of hydrogen-bond donors (Lipinski definition) is 1. The maximum absolute atomic E-state index is 12.3. The Morgan fingerprint density at radius 3 is 2.46 bits per heavy atom. The van der Waals surface area contributed by atoms with Crippen LogP contribution >= 0.6 is 0 Å². The molecule has 0 spiro atoms. The molecule has 0 bridgehead atoms. The van der Waals surface area contributed by atoms with E-state index in [1.165, 1.54) is 37.7 Å². The number of aromatic amines is 1. The molecule has 1 fully saturated rings. The molecule has 5 heteroatoms. The Kier molecular flexibility index (Phi) is 7.76. The van der Waals surface area contributed by atoms with E-state index in [9.17, 15) is 4.79 Å². The SMILES string of the molecule is Cc1n[nH]c(C)c1CCCN(C)C(=O)CCN1CCCCCCC1. The number of aryl methyl sites for hydroxylation is 2. The van der Waals surface area contributed by atoms with Crippen molar-refractivity contribution in [2.75, 3.05) is 33.2 Å². The second-order valence-corrected chi connectivity index (χ2v) is 7.19. The van der Waals surface area contributed by atoms with Crippen LogP contribution in [0.4, 0.5) is 0 Å². The Labute approximate surface area is 146 Å². The minimum absolute atomic E-state index is 0.276. The second-order valence-electron chi connectivity index (χ2n) is 7.19. The van der Waals surface area contributed by atoms with Crippen LogP contribution in [-0.4, -0.2) is 59.1 Å². The number of carbonyl (C=O) groups excluding carboxylic acids is 1. The van der Waals surface area contributed by atoms with Gasteiger partial charge >= 0.3 is 0 Å². The number of amides is 1. The second kappa shape index (κ2) is 9.82. The van der Waals surface area contributed by atoms with Gasteiger partial charge in [-0.1, -0.05) is 19.3 Å². The third-order valence-electron chi connectivity index (χ3n) is 5.22. The zero-order valence-corrected chi connectivity index (χ0v) is 15.7. The summed E-state index contributed by atoms with van der Waals surface area (Å²) in [5.74, 6) is 0.276. The number of carbonyl (C=O) groups is 1. The normalized spacial score (nSPS) is 16.6. The molecule has 1 saturated heterocycles. The van der Waals surface area contributed by atoms with Crippen molar-refractivity contribution < 1.29 is 4.79 Å². The Morgan fingerprint density at radius 1 is 1.17 bits per heavy atom. The van der Waals surface area contributed by atoms with Crippen LogP contribution in [0.15, 0.2) is 0 Å². The lowest BCUT2D eigenvalue weighted by atomic mass is 10.1. The number of nitrogens with zero attached hydrogens (tertiary/aromatic N) is 3. The highest BCUT2D eigenvalue weighted by atomic mass is 16.2. The third kappa shape index (κ3) is 5.93. The first-order valence-corrected chi connectivity index (χ1v) is 9.54. The van der Waals surface area contributed by atoms with Gasteiger partial charge in [0.25, 0.3) is 0 Å². The monoisotopic (exact) mass is 334 g/mol. The minimum atomic E-state index is 0.276. The average Bonchev–Trinajstić information content (AvgIpc) is 2.85. The van der Waals surface area contributed by atoms with Crippen LogP contribution in [0.2, 0.25) is 0 Å². The first-order valence-electron chi connectivity index (χ1n) is 9.54. The van der Waals surface area contributed by atoms with Crippen LogP contribution in [0.5, 0.6) is 0 Å². The summed E-state index contributed by atoms with van der Waals surface area (Å²) < 4.78 is 0. The molecule has 0 radical (unpaired) electrons. The predicted octanol–water partition coefficient (Wildman–Crippen LogP) is 3.07. The highest BCUT2D eigenvalue weighted by Crippen LogP contribution is 2.13. The van der Waals surface area contributed by atoms with Crippen molar-refractivity contribution in [2.45, 2.75) is 65.2 Å². The minimum Gasteiger partial charge on any atom is -0.346 e. The zero-order valence-electron chi connectivity index (χ0n) is 15.7. The number of likely N-dealkylation sites (tertiary alicyclic amines) is 1. The lowest BCUT2D eigenvalue weighted by Gasteiger charge is -2.25. The maximum Gasteiger partial charge on any atom is 0.223 e. The van der Waals surface area contributed by atoms with E-state index in [1.54, 1.807) is 0 Å². The summed E-state index contributed by atoms with van der Waals surface area (Å²) in [5, 5.41) is 7.26. The molecular formula is C19H34N4O. The summed E-state index contributed by atoms with van der Waals surface area (Å²) in [5.41, 5.74) is 3.54. The maximum atomic E-state index is 12.3. The van der Waals surface area contributed by atoms with Gasteiger partial charge in [0.2, 0.25) is 5.91 Å². The van der Waals surface area contributed by atoms with Crippen molar-refractivity contribution in [3.05, 3.63) is 17.0 Å². The predicted molar refractivity (Wildman–Crippen MR) is 98.2 cm³/mol. The summed E-state index contributed by atoms with van der Waals surface area (Å²) in [7, 11) is 1.94. The summed E-state index contributed by atoms with van der Waals surface area (Å²) in [6, 6.07) is 0. The van der Waals surface area contributed by atoms with Gasteiger partial charge in [0, 0.05) is 32.3 Å². The molecule has 1 N–H and O–H groups in total. The van der Waals surface area contributed by atoms with Gasteiger partial charge in [0.1, 0.15) is 0 Å². The fourth-order valence-electron chi connectivity index (χ4n) is 3.54. The van der Waals surface area contributed by atoms with E-state index in [2.05, 4.69) is 22.0 Å². The summed E-state index contributed by atoms with van der Waals surface area (Å²) >= 11 is 0. The Hall–Kier alpha value is -1.36. The van der Waals surface area contributed by atoms with Crippen molar-refractivity contribution in [2.24, 2.45) is 0 Å². The fraction of sp³-hybridized carbons (Fsp3) is 0.789. The van der Waals surface area contributed by atoms with Gasteiger partial charge in [-0.25, -0.2) is 0 Å². The van der Waals surface area contributed by atoms with Crippen molar-refractivity contribution in [3.8, 4) is 0 Å². The molecule has 0 saturated carbocycles. The Bertz CT molecular complexity index is 484. The number of nitrogens with one attached hydrogen (secondary N) is 1. The molecule has 0 aliphatic carbocycles. The molecule has 1 amide bonds. The molecule has 24 heavy (non-hydrogen) atoms. The molecule has 5 nitrogen and oxygen atoms in total. The van der Waals surface area contributed by atoms with Crippen molar-refractivity contribution in [1.82, 2.24) is 20.0 Å². The van der Waals surface area contributed by atoms with Crippen LogP contribution in [0.3, 0.4) is 0 Å². The van der Waals surface area contributed by atoms with Gasteiger partial charge in [-0.15, -0.1) is 0 Å². The molecule has 1 aliphatic heterocycles. The molecule has 2 rings (SSSR count). The number of rotatable bonds is 7. The van der Waals surface area contributed by atoms with Crippen LogP contribution in [0.25, 0.3) is 0 Å². The van der Waals surface area contributed by atoms with E-state index in [0.717, 1.165) is 50.4 Å². The first-order chi connectivity index (χ1) is 11.6. The van der Waals surface area contributed by atoms with Gasteiger partial charge in [0.15, 0.2) is 0 Å². The van der Waals surface area contributed by atoms with Gasteiger partial charge in [-0.05, 0) is 58.2 Å². The van der Waals surface area contributed by atoms with E-state index in [1.807, 2.05) is 18.9 Å². The standard InChI is InChI=1S/C19H34N4O/c1-16-18(17(2)21-20-16)10-9-12-22(3)19(24)11-15-23-13-7-5-4-6-8-14-23/h4-15H2,1-3H3,(H,20,21). The Morgan fingerprint density at radius 2 is 1.83 bits per heavy atom. The van der Waals surface area contributed by atoms with Crippen LogP contribution < -0.4 is 0 Å². The topological polar surface area (TPSA) is 52.2 Å². The van der Waals surface area contributed by atoms with Crippen molar-refractivity contribution in [3.63, 3.8) is 0 Å². The fourth-order valence-corrected chi connectivity index (χ4v) is 3.54. The quantitative estimate of drug-likeness (QED) is 0.834. The molecule has 0 atom stereocenters. The molecule has 0 aromatic carbocycles. The van der Waals surface area contributed by atoms with Gasteiger partial charge in [-0.2, -0.15) is 5.10 Å². The van der Waals surface area contributed by atoms with E-state index >= 15 is 0 Å². The van der Waals surface area contributed by atoms with Crippen molar-refractivity contribution >= 4 is 5.91 Å². The largest absolute Gasteiger partial charge is 0.346 e. The lowest BCUT2D eigenvalue weighted by Crippen LogP contribution is -2.34. The van der Waals surface area contributed by atoms with Crippen LogP contribution in [0, 0.1) is 13.8 Å².